The zero-order chi connectivity index (χ0) is 25.2. The summed E-state index contributed by atoms with van der Waals surface area (Å²) < 4.78 is 7.44. The average Bonchev–Trinajstić information content (AvgIpc) is 3.46. The van der Waals surface area contributed by atoms with Crippen LogP contribution in [0.25, 0.3) is 22.5 Å². The van der Waals surface area contributed by atoms with Gasteiger partial charge < -0.3 is 30.4 Å². The summed E-state index contributed by atoms with van der Waals surface area (Å²) >= 11 is 0. The van der Waals surface area contributed by atoms with Crippen LogP contribution in [0.5, 0.6) is 0 Å². The van der Waals surface area contributed by atoms with E-state index in [1.165, 1.54) is 0 Å². The van der Waals surface area contributed by atoms with E-state index in [1.807, 2.05) is 25.4 Å². The van der Waals surface area contributed by atoms with E-state index < -0.39 is 0 Å². The highest BCUT2D eigenvalue weighted by Crippen LogP contribution is 2.28. The topological polar surface area (TPSA) is 146 Å². The average molecular weight is 492 g/mol. The second-order valence-electron chi connectivity index (χ2n) is 8.99. The van der Waals surface area contributed by atoms with Gasteiger partial charge in [-0.2, -0.15) is 10.1 Å². The molecule has 1 amide bonds. The van der Waals surface area contributed by atoms with Crippen molar-refractivity contribution in [3.63, 3.8) is 0 Å². The van der Waals surface area contributed by atoms with Crippen LogP contribution in [0.4, 0.5) is 17.7 Å². The minimum Gasteiger partial charge on any atom is -0.422 e. The molecule has 0 spiro atoms. The number of aryl methyl sites for hydroxylation is 1. The van der Waals surface area contributed by atoms with Gasteiger partial charge in [-0.1, -0.05) is 6.07 Å². The molecule has 5 rings (SSSR count). The summed E-state index contributed by atoms with van der Waals surface area (Å²) in [6.07, 6.45) is 3.59. The molecule has 4 aromatic heterocycles. The Hall–Kier alpha value is -4.03. The fourth-order valence-electron chi connectivity index (χ4n) is 4.40. The molecule has 1 aliphatic heterocycles. The smallest absolute Gasteiger partial charge is 0.297 e. The second kappa shape index (κ2) is 9.91. The number of nitrogens with zero attached hydrogens (tertiary/aromatic N) is 6. The number of amides is 1. The molecule has 188 valence electrons. The number of rotatable bonds is 7. The molecule has 5 heterocycles. The molecule has 4 N–H and O–H groups in total. The first-order valence-corrected chi connectivity index (χ1v) is 11.8. The predicted molar refractivity (Wildman–Crippen MR) is 136 cm³/mol. The monoisotopic (exact) mass is 491 g/mol. The van der Waals surface area contributed by atoms with Gasteiger partial charge in [0.25, 0.3) is 11.9 Å². The van der Waals surface area contributed by atoms with E-state index >= 15 is 0 Å². The summed E-state index contributed by atoms with van der Waals surface area (Å²) in [6.45, 7) is 5.80. The Labute approximate surface area is 207 Å². The van der Waals surface area contributed by atoms with Crippen molar-refractivity contribution in [2.24, 2.45) is 7.05 Å². The number of aliphatic hydroxyl groups excluding tert-OH is 1. The number of nitrogens with one attached hydrogen (secondary N) is 3. The van der Waals surface area contributed by atoms with Crippen molar-refractivity contribution in [1.82, 2.24) is 30.0 Å². The van der Waals surface area contributed by atoms with Gasteiger partial charge in [0.1, 0.15) is 11.6 Å². The normalized spacial score (nSPS) is 17.9. The first kappa shape index (κ1) is 23.7. The van der Waals surface area contributed by atoms with Crippen molar-refractivity contribution in [3.05, 3.63) is 42.2 Å². The lowest BCUT2D eigenvalue weighted by atomic mass is 10.1. The van der Waals surface area contributed by atoms with Gasteiger partial charge in [0.15, 0.2) is 5.58 Å². The first-order valence-electron chi connectivity index (χ1n) is 11.8. The fraction of sp³-hybridized carbons (Fsp3) is 0.375. The molecule has 0 radical (unpaired) electrons. The second-order valence-corrected chi connectivity index (χ2v) is 8.99. The third kappa shape index (κ3) is 4.99. The largest absolute Gasteiger partial charge is 0.422 e. The fourth-order valence-corrected chi connectivity index (χ4v) is 4.40. The van der Waals surface area contributed by atoms with E-state index in [2.05, 4.69) is 49.8 Å². The highest BCUT2D eigenvalue weighted by atomic mass is 16.4. The van der Waals surface area contributed by atoms with E-state index in [1.54, 1.807) is 23.0 Å². The van der Waals surface area contributed by atoms with Crippen molar-refractivity contribution in [2.45, 2.75) is 25.9 Å². The van der Waals surface area contributed by atoms with Crippen LogP contribution < -0.4 is 20.9 Å². The predicted octanol–water partition coefficient (Wildman–Crippen LogP) is 1.86. The molecular weight excluding hydrogens is 462 g/mol. The number of piperazine rings is 1. The third-order valence-corrected chi connectivity index (χ3v) is 5.84. The van der Waals surface area contributed by atoms with Gasteiger partial charge >= 0.3 is 0 Å². The molecule has 12 nitrogen and oxygen atoms in total. The molecular formula is C24H29N9O3. The summed E-state index contributed by atoms with van der Waals surface area (Å²) in [4.78, 5) is 29.3. The number of hydrogen-bond acceptors (Lipinski definition) is 10. The van der Waals surface area contributed by atoms with Crippen LogP contribution in [0.1, 0.15) is 24.2 Å². The number of hydrogen-bond donors (Lipinski definition) is 4. The molecule has 1 fully saturated rings. The Morgan fingerprint density at radius 3 is 2.75 bits per heavy atom. The van der Waals surface area contributed by atoms with E-state index in [9.17, 15) is 4.79 Å². The lowest BCUT2D eigenvalue weighted by Crippen LogP contribution is -2.54. The van der Waals surface area contributed by atoms with E-state index in [0.29, 0.717) is 53.8 Å². The number of carbonyl (C=O) groups is 1. The van der Waals surface area contributed by atoms with E-state index in [0.717, 1.165) is 5.56 Å². The SMILES string of the molecule is CC1CN(c2nc3nc(NCCO)oc3cc2C(=O)Nc2cccc(-c3cnn(C)c3)n2)CC(C)N1. The summed E-state index contributed by atoms with van der Waals surface area (Å²) in [5.74, 6) is 0.596. The first-order chi connectivity index (χ1) is 17.4. The number of pyridine rings is 2. The standard InChI is InChI=1S/C24H29N9O3/c1-14-11-33(12-15(2)27-14)22-17(9-19-21(30-22)31-24(36-19)25-7-8-34)23(35)29-20-6-4-5-18(28-20)16-10-26-32(3)13-16/h4-6,9-10,13-15,27,34H,7-8,11-12H2,1-3H3,(H,25,30,31)(H,28,29,35). The Balaban J connectivity index is 1.49. The minimum atomic E-state index is -0.352. The zero-order valence-electron chi connectivity index (χ0n) is 20.4. The van der Waals surface area contributed by atoms with Crippen LogP contribution in [0, 0.1) is 0 Å². The lowest BCUT2D eigenvalue weighted by molar-refractivity contribution is 0.102. The highest BCUT2D eigenvalue weighted by molar-refractivity contribution is 6.08. The maximum atomic E-state index is 13.6. The maximum Gasteiger partial charge on any atom is 0.297 e. The number of carbonyl (C=O) groups excluding carboxylic acids is 1. The molecule has 1 saturated heterocycles. The number of aliphatic hydroxyl groups is 1. The van der Waals surface area contributed by atoms with E-state index in [4.69, 9.17) is 14.5 Å². The molecule has 2 unspecified atom stereocenters. The molecule has 0 saturated carbocycles. The van der Waals surface area contributed by atoms with Gasteiger partial charge in [0.2, 0.25) is 5.65 Å². The quantitative estimate of drug-likeness (QED) is 0.302. The van der Waals surface area contributed by atoms with Crippen LogP contribution in [0.3, 0.4) is 0 Å². The van der Waals surface area contributed by atoms with Crippen LogP contribution in [0.2, 0.25) is 0 Å². The molecule has 36 heavy (non-hydrogen) atoms. The number of aromatic nitrogens is 5. The molecule has 0 aromatic carbocycles. The van der Waals surface area contributed by atoms with Crippen molar-refractivity contribution in [3.8, 4) is 11.3 Å². The van der Waals surface area contributed by atoms with Gasteiger partial charge in [0.05, 0.1) is 24.1 Å². The third-order valence-electron chi connectivity index (χ3n) is 5.84. The summed E-state index contributed by atoms with van der Waals surface area (Å²) in [5, 5.41) is 22.6. The Bertz CT molecular complexity index is 1370. The van der Waals surface area contributed by atoms with Crippen LogP contribution in [-0.2, 0) is 7.05 Å². The molecule has 2 atom stereocenters. The van der Waals surface area contributed by atoms with Crippen molar-refractivity contribution >= 4 is 34.8 Å². The molecule has 12 heteroatoms. The van der Waals surface area contributed by atoms with Gasteiger partial charge in [-0.05, 0) is 26.0 Å². The summed E-state index contributed by atoms with van der Waals surface area (Å²) in [7, 11) is 1.84. The molecule has 4 aromatic rings. The highest BCUT2D eigenvalue weighted by Gasteiger charge is 2.28. The van der Waals surface area contributed by atoms with Crippen LogP contribution in [0.15, 0.2) is 41.1 Å². The molecule has 1 aliphatic rings. The number of oxazole rings is 1. The Kier molecular flexibility index (Phi) is 6.53. The van der Waals surface area contributed by atoms with Gasteiger partial charge in [-0.15, -0.1) is 0 Å². The maximum absolute atomic E-state index is 13.6. The Morgan fingerprint density at radius 1 is 1.22 bits per heavy atom. The Morgan fingerprint density at radius 2 is 2.03 bits per heavy atom. The molecule has 0 bridgehead atoms. The van der Waals surface area contributed by atoms with Crippen molar-refractivity contribution in [1.29, 1.82) is 0 Å². The van der Waals surface area contributed by atoms with Crippen molar-refractivity contribution in [2.75, 3.05) is 41.8 Å². The van der Waals surface area contributed by atoms with Gasteiger partial charge in [-0.3, -0.25) is 9.48 Å². The van der Waals surface area contributed by atoms with E-state index in [-0.39, 0.29) is 30.6 Å². The number of fused-ring (bicyclic) bond motifs is 1. The van der Waals surface area contributed by atoms with Crippen molar-refractivity contribution < 1.29 is 14.3 Å². The molecule has 0 aliphatic carbocycles. The summed E-state index contributed by atoms with van der Waals surface area (Å²) in [5.41, 5.74) is 2.68. The summed E-state index contributed by atoms with van der Waals surface area (Å²) in [6, 6.07) is 7.78. The van der Waals surface area contributed by atoms with Crippen LogP contribution >= 0.6 is 0 Å². The van der Waals surface area contributed by atoms with Gasteiger partial charge in [0, 0.05) is 56.6 Å². The lowest BCUT2D eigenvalue weighted by Gasteiger charge is -2.37. The number of anilines is 3. The zero-order valence-corrected chi connectivity index (χ0v) is 20.4. The van der Waals surface area contributed by atoms with Crippen LogP contribution in [-0.4, -0.2) is 74.1 Å². The minimum absolute atomic E-state index is 0.0628. The van der Waals surface area contributed by atoms with Gasteiger partial charge in [-0.25, -0.2) is 9.97 Å².